The van der Waals surface area contributed by atoms with Crippen LogP contribution in [-0.2, 0) is 10.0 Å². The van der Waals surface area contributed by atoms with Crippen LogP contribution in [0.1, 0.15) is 24.2 Å². The highest BCUT2D eigenvalue weighted by Crippen LogP contribution is 2.10. The zero-order valence-electron chi connectivity index (χ0n) is 11.3. The number of hydrogen-bond donors (Lipinski definition) is 2. The molecule has 0 spiro atoms. The summed E-state index contributed by atoms with van der Waals surface area (Å²) < 4.78 is 26.9. The highest BCUT2D eigenvalue weighted by molar-refractivity contribution is 7.89. The first-order valence-corrected chi connectivity index (χ1v) is 7.98. The molecule has 7 heteroatoms. The average molecular weight is 284 g/mol. The van der Waals surface area contributed by atoms with E-state index in [9.17, 15) is 8.42 Å². The van der Waals surface area contributed by atoms with Gasteiger partial charge in [0.2, 0.25) is 0 Å². The molecule has 106 valence electrons. The van der Waals surface area contributed by atoms with Crippen molar-refractivity contribution in [1.29, 1.82) is 0 Å². The second-order valence-electron chi connectivity index (χ2n) is 5.00. The van der Waals surface area contributed by atoms with Gasteiger partial charge in [-0.15, -0.1) is 0 Å². The Kier molecular flexibility index (Phi) is 4.49. The molecule has 1 aliphatic heterocycles. The van der Waals surface area contributed by atoms with Crippen LogP contribution in [0.25, 0.3) is 0 Å². The number of hydrogen-bond acceptors (Lipinski definition) is 5. The molecule has 1 aromatic heterocycles. The van der Waals surface area contributed by atoms with Crippen molar-refractivity contribution in [1.82, 2.24) is 20.0 Å². The Labute approximate surface area is 114 Å². The van der Waals surface area contributed by atoms with E-state index in [1.54, 1.807) is 19.9 Å². The van der Waals surface area contributed by atoms with Gasteiger partial charge in [0.1, 0.15) is 0 Å². The van der Waals surface area contributed by atoms with Crippen molar-refractivity contribution in [2.24, 2.45) is 5.92 Å². The first kappa shape index (κ1) is 14.4. The molecule has 0 radical (unpaired) electrons. The molecule has 1 aliphatic rings. The number of aromatic nitrogens is 2. The van der Waals surface area contributed by atoms with Crippen LogP contribution in [0.4, 0.5) is 0 Å². The molecule has 2 N–H and O–H groups in total. The maximum absolute atomic E-state index is 12.1. The van der Waals surface area contributed by atoms with E-state index < -0.39 is 10.0 Å². The molecule has 0 bridgehead atoms. The van der Waals surface area contributed by atoms with Crippen molar-refractivity contribution in [3.05, 3.63) is 17.5 Å². The molecule has 6 nitrogen and oxygen atoms in total. The van der Waals surface area contributed by atoms with E-state index in [1.807, 2.05) is 0 Å². The van der Waals surface area contributed by atoms with E-state index >= 15 is 0 Å². The zero-order chi connectivity index (χ0) is 13.9. The normalized spacial score (nSPS) is 20.4. The Morgan fingerprint density at radius 1 is 1.37 bits per heavy atom. The van der Waals surface area contributed by atoms with Crippen LogP contribution in [0.2, 0.25) is 0 Å². The molecule has 1 saturated heterocycles. The van der Waals surface area contributed by atoms with Crippen LogP contribution < -0.4 is 10.0 Å². The molecule has 1 atom stereocenters. The fourth-order valence-electron chi connectivity index (χ4n) is 2.20. The summed E-state index contributed by atoms with van der Waals surface area (Å²) in [5, 5.41) is 3.13. The predicted molar refractivity (Wildman–Crippen MR) is 72.3 cm³/mol. The van der Waals surface area contributed by atoms with Crippen LogP contribution in [0.3, 0.4) is 0 Å². The van der Waals surface area contributed by atoms with Crippen LogP contribution in [0, 0.1) is 19.8 Å². The summed E-state index contributed by atoms with van der Waals surface area (Å²) in [5.74, 6) is 0.342. The Bertz CT molecular complexity index is 518. The van der Waals surface area contributed by atoms with Gasteiger partial charge in [0, 0.05) is 17.9 Å². The summed E-state index contributed by atoms with van der Waals surface area (Å²) in [6, 6.07) is 1.75. The van der Waals surface area contributed by atoms with Gasteiger partial charge >= 0.3 is 0 Å². The lowest BCUT2D eigenvalue weighted by atomic mass is 10.0. The quantitative estimate of drug-likeness (QED) is 0.781. The maximum Gasteiger partial charge on any atom is 0.276 e. The van der Waals surface area contributed by atoms with Gasteiger partial charge < -0.3 is 5.32 Å². The number of rotatable bonds is 4. The lowest BCUT2D eigenvalue weighted by Gasteiger charge is -2.22. The second kappa shape index (κ2) is 5.94. The number of nitrogens with one attached hydrogen (secondary N) is 2. The molecule has 0 saturated carbocycles. The average Bonchev–Trinajstić information content (AvgIpc) is 2.37. The fourth-order valence-corrected chi connectivity index (χ4v) is 3.32. The molecule has 1 aromatic rings. The molecule has 0 aromatic carbocycles. The Hall–Kier alpha value is -1.05. The third-order valence-corrected chi connectivity index (χ3v) is 4.37. The molecule has 0 unspecified atom stereocenters. The summed E-state index contributed by atoms with van der Waals surface area (Å²) in [6.07, 6.45) is 2.13. The van der Waals surface area contributed by atoms with E-state index in [1.165, 1.54) is 0 Å². The topological polar surface area (TPSA) is 84.0 Å². The first-order chi connectivity index (χ1) is 8.97. The van der Waals surface area contributed by atoms with Crippen LogP contribution >= 0.6 is 0 Å². The highest BCUT2D eigenvalue weighted by atomic mass is 32.2. The van der Waals surface area contributed by atoms with Gasteiger partial charge in [-0.3, -0.25) is 0 Å². The lowest BCUT2D eigenvalue weighted by Crippen LogP contribution is -2.38. The summed E-state index contributed by atoms with van der Waals surface area (Å²) in [7, 11) is -3.60. The van der Waals surface area contributed by atoms with Gasteiger partial charge in [0.25, 0.3) is 15.2 Å². The standard InChI is InChI=1S/C12H20N4O2S/c1-9-6-10(2)16-12(15-9)19(17,18)14-8-11-4-3-5-13-7-11/h6,11,13-14H,3-5,7-8H2,1-2H3/t11-/m1/s1. The molecule has 2 heterocycles. The SMILES string of the molecule is Cc1cc(C)nc(S(=O)(=O)NC[C@@H]2CCCNC2)n1. The smallest absolute Gasteiger partial charge is 0.276 e. The zero-order valence-corrected chi connectivity index (χ0v) is 12.1. The molecule has 0 aliphatic carbocycles. The largest absolute Gasteiger partial charge is 0.316 e. The third kappa shape index (κ3) is 3.95. The van der Waals surface area contributed by atoms with E-state index in [2.05, 4.69) is 20.0 Å². The van der Waals surface area contributed by atoms with Crippen molar-refractivity contribution in [3.8, 4) is 0 Å². The van der Waals surface area contributed by atoms with Crippen molar-refractivity contribution < 1.29 is 8.42 Å². The number of piperidine rings is 1. The number of sulfonamides is 1. The van der Waals surface area contributed by atoms with Crippen molar-refractivity contribution in [3.63, 3.8) is 0 Å². The Balaban J connectivity index is 2.04. The van der Waals surface area contributed by atoms with Gasteiger partial charge in [-0.2, -0.15) is 0 Å². The minimum Gasteiger partial charge on any atom is -0.316 e. The second-order valence-corrected chi connectivity index (χ2v) is 6.66. The van der Waals surface area contributed by atoms with E-state index in [-0.39, 0.29) is 5.16 Å². The lowest BCUT2D eigenvalue weighted by molar-refractivity contribution is 0.375. The van der Waals surface area contributed by atoms with Gasteiger partial charge in [-0.05, 0) is 51.8 Å². The fraction of sp³-hybridized carbons (Fsp3) is 0.667. The van der Waals surface area contributed by atoms with E-state index in [0.29, 0.717) is 23.9 Å². The predicted octanol–water partition coefficient (Wildman–Crippen LogP) is 0.371. The van der Waals surface area contributed by atoms with Crippen LogP contribution in [0.5, 0.6) is 0 Å². The van der Waals surface area contributed by atoms with Gasteiger partial charge in [0.05, 0.1) is 0 Å². The Morgan fingerprint density at radius 2 is 2.05 bits per heavy atom. The van der Waals surface area contributed by atoms with Crippen LogP contribution in [0.15, 0.2) is 11.2 Å². The monoisotopic (exact) mass is 284 g/mol. The molecule has 2 rings (SSSR count). The van der Waals surface area contributed by atoms with E-state index in [4.69, 9.17) is 0 Å². The van der Waals surface area contributed by atoms with Gasteiger partial charge in [-0.25, -0.2) is 23.1 Å². The minimum atomic E-state index is -3.60. The summed E-state index contributed by atoms with van der Waals surface area (Å²) in [6.45, 7) is 5.84. The summed E-state index contributed by atoms with van der Waals surface area (Å²) >= 11 is 0. The molecule has 19 heavy (non-hydrogen) atoms. The first-order valence-electron chi connectivity index (χ1n) is 6.50. The highest BCUT2D eigenvalue weighted by Gasteiger charge is 2.21. The third-order valence-electron chi connectivity index (χ3n) is 3.16. The van der Waals surface area contributed by atoms with Crippen LogP contribution in [-0.4, -0.2) is 38.0 Å². The number of nitrogens with zero attached hydrogens (tertiary/aromatic N) is 2. The minimum absolute atomic E-state index is 0.131. The van der Waals surface area contributed by atoms with Crippen molar-refractivity contribution >= 4 is 10.0 Å². The Morgan fingerprint density at radius 3 is 2.63 bits per heavy atom. The van der Waals surface area contributed by atoms with Crippen molar-refractivity contribution in [2.45, 2.75) is 31.8 Å². The molecular formula is C12H20N4O2S. The summed E-state index contributed by atoms with van der Waals surface area (Å²) in [4.78, 5) is 7.98. The number of aryl methyl sites for hydroxylation is 2. The van der Waals surface area contributed by atoms with Gasteiger partial charge in [0.15, 0.2) is 0 Å². The maximum atomic E-state index is 12.1. The molecular weight excluding hydrogens is 264 g/mol. The van der Waals surface area contributed by atoms with Gasteiger partial charge in [-0.1, -0.05) is 0 Å². The summed E-state index contributed by atoms with van der Waals surface area (Å²) in [5.41, 5.74) is 1.32. The molecule has 0 amide bonds. The van der Waals surface area contributed by atoms with E-state index in [0.717, 1.165) is 25.9 Å². The van der Waals surface area contributed by atoms with Crippen molar-refractivity contribution in [2.75, 3.05) is 19.6 Å². The molecule has 1 fully saturated rings.